The summed E-state index contributed by atoms with van der Waals surface area (Å²) in [5.74, 6) is 0.797. The lowest BCUT2D eigenvalue weighted by Gasteiger charge is -2.54. The standard InChI is InChI=1S/C12H17N3/c1-2-9(1)11-5-15(8-14-11)10-3-12(4-10)6-13-7-12/h5,8-10,13H,1-4,6-7H2. The van der Waals surface area contributed by atoms with Gasteiger partial charge in [0.25, 0.3) is 0 Å². The van der Waals surface area contributed by atoms with Crippen LogP contribution >= 0.6 is 0 Å². The van der Waals surface area contributed by atoms with Gasteiger partial charge in [0.2, 0.25) is 0 Å². The van der Waals surface area contributed by atoms with Gasteiger partial charge >= 0.3 is 0 Å². The van der Waals surface area contributed by atoms with Gasteiger partial charge in [-0.05, 0) is 31.1 Å². The van der Waals surface area contributed by atoms with Gasteiger partial charge in [0, 0.05) is 31.2 Å². The van der Waals surface area contributed by atoms with Crippen LogP contribution in [0.1, 0.15) is 43.3 Å². The molecule has 2 heterocycles. The summed E-state index contributed by atoms with van der Waals surface area (Å²) in [6.07, 6.45) is 9.78. The van der Waals surface area contributed by atoms with Crippen LogP contribution in [-0.2, 0) is 0 Å². The van der Waals surface area contributed by atoms with Gasteiger partial charge in [0.05, 0.1) is 12.0 Å². The van der Waals surface area contributed by atoms with Crippen LogP contribution in [0, 0.1) is 5.41 Å². The third-order valence-corrected chi connectivity index (χ3v) is 4.38. The van der Waals surface area contributed by atoms with Crippen molar-refractivity contribution >= 4 is 0 Å². The lowest BCUT2D eigenvalue weighted by Crippen LogP contribution is -2.60. The van der Waals surface area contributed by atoms with Gasteiger partial charge in [-0.3, -0.25) is 0 Å². The number of nitrogens with zero attached hydrogens (tertiary/aromatic N) is 2. The summed E-state index contributed by atoms with van der Waals surface area (Å²) in [7, 11) is 0. The van der Waals surface area contributed by atoms with E-state index >= 15 is 0 Å². The monoisotopic (exact) mass is 203 g/mol. The molecular weight excluding hydrogens is 186 g/mol. The minimum Gasteiger partial charge on any atom is -0.334 e. The second-order valence-corrected chi connectivity index (χ2v) is 5.69. The Labute approximate surface area is 89.9 Å². The zero-order valence-electron chi connectivity index (χ0n) is 8.95. The molecule has 15 heavy (non-hydrogen) atoms. The number of imidazole rings is 1. The van der Waals surface area contributed by atoms with Crippen molar-refractivity contribution in [2.75, 3.05) is 13.1 Å². The Morgan fingerprint density at radius 2 is 2.13 bits per heavy atom. The van der Waals surface area contributed by atoms with E-state index in [0.29, 0.717) is 5.41 Å². The molecule has 80 valence electrons. The molecule has 2 aliphatic carbocycles. The molecule has 1 aromatic heterocycles. The summed E-state index contributed by atoms with van der Waals surface area (Å²) >= 11 is 0. The molecule has 2 saturated carbocycles. The van der Waals surface area contributed by atoms with E-state index in [4.69, 9.17) is 0 Å². The highest BCUT2D eigenvalue weighted by Crippen LogP contribution is 2.51. The van der Waals surface area contributed by atoms with Crippen molar-refractivity contribution in [2.45, 2.75) is 37.6 Å². The molecule has 3 fully saturated rings. The van der Waals surface area contributed by atoms with Crippen LogP contribution in [0.5, 0.6) is 0 Å². The fourth-order valence-electron chi connectivity index (χ4n) is 3.06. The predicted molar refractivity (Wildman–Crippen MR) is 57.8 cm³/mol. The van der Waals surface area contributed by atoms with Gasteiger partial charge in [-0.25, -0.2) is 4.98 Å². The largest absolute Gasteiger partial charge is 0.334 e. The second-order valence-electron chi connectivity index (χ2n) is 5.69. The number of aromatic nitrogens is 2. The van der Waals surface area contributed by atoms with E-state index in [1.165, 1.54) is 44.5 Å². The number of hydrogen-bond acceptors (Lipinski definition) is 2. The predicted octanol–water partition coefficient (Wildman–Crippen LogP) is 1.68. The van der Waals surface area contributed by atoms with Crippen molar-refractivity contribution < 1.29 is 0 Å². The van der Waals surface area contributed by atoms with Gasteiger partial charge in [-0.15, -0.1) is 0 Å². The van der Waals surface area contributed by atoms with E-state index in [1.807, 2.05) is 0 Å². The zero-order chi connectivity index (χ0) is 9.88. The van der Waals surface area contributed by atoms with Gasteiger partial charge < -0.3 is 9.88 Å². The van der Waals surface area contributed by atoms with Crippen molar-refractivity contribution in [3.63, 3.8) is 0 Å². The molecule has 0 amide bonds. The number of hydrogen-bond donors (Lipinski definition) is 1. The minimum atomic E-state index is 0.675. The first-order chi connectivity index (χ1) is 7.35. The first-order valence-electron chi connectivity index (χ1n) is 6.09. The highest BCUT2D eigenvalue weighted by Gasteiger charge is 2.49. The SMILES string of the molecule is c1nc(C2CC2)cn1C1CC2(CNC2)C1. The molecule has 1 spiro atoms. The van der Waals surface area contributed by atoms with Crippen molar-refractivity contribution in [3.05, 3.63) is 18.2 Å². The first kappa shape index (κ1) is 8.34. The van der Waals surface area contributed by atoms with Crippen LogP contribution in [0.4, 0.5) is 0 Å². The maximum absolute atomic E-state index is 4.52. The average Bonchev–Trinajstić information content (AvgIpc) is 2.82. The molecule has 0 radical (unpaired) electrons. The summed E-state index contributed by atoms with van der Waals surface area (Å²) in [4.78, 5) is 4.52. The number of nitrogens with one attached hydrogen (secondary N) is 1. The molecule has 3 heteroatoms. The normalized spacial score (nSPS) is 28.8. The molecule has 0 unspecified atom stereocenters. The smallest absolute Gasteiger partial charge is 0.0952 e. The Hall–Kier alpha value is -0.830. The summed E-state index contributed by atoms with van der Waals surface area (Å²) < 4.78 is 2.36. The topological polar surface area (TPSA) is 29.9 Å². The third kappa shape index (κ3) is 1.19. The molecule has 1 saturated heterocycles. The maximum Gasteiger partial charge on any atom is 0.0952 e. The Morgan fingerprint density at radius 3 is 2.73 bits per heavy atom. The van der Waals surface area contributed by atoms with Crippen LogP contribution in [0.2, 0.25) is 0 Å². The van der Waals surface area contributed by atoms with Crippen LogP contribution in [0.3, 0.4) is 0 Å². The fraction of sp³-hybridized carbons (Fsp3) is 0.750. The maximum atomic E-state index is 4.52. The summed E-state index contributed by atoms with van der Waals surface area (Å²) in [6.45, 7) is 2.49. The summed E-state index contributed by atoms with van der Waals surface area (Å²) in [5, 5.41) is 3.38. The van der Waals surface area contributed by atoms with Crippen LogP contribution < -0.4 is 5.32 Å². The molecular formula is C12H17N3. The Morgan fingerprint density at radius 1 is 1.33 bits per heavy atom. The zero-order valence-corrected chi connectivity index (χ0v) is 8.95. The molecule has 1 aliphatic heterocycles. The van der Waals surface area contributed by atoms with Gasteiger partial charge in [-0.2, -0.15) is 0 Å². The van der Waals surface area contributed by atoms with Crippen molar-refractivity contribution in [1.82, 2.24) is 14.9 Å². The minimum absolute atomic E-state index is 0.675. The lowest BCUT2D eigenvalue weighted by molar-refractivity contribution is 0.00748. The highest BCUT2D eigenvalue weighted by molar-refractivity contribution is 5.14. The van der Waals surface area contributed by atoms with Crippen molar-refractivity contribution in [2.24, 2.45) is 5.41 Å². The molecule has 3 nitrogen and oxygen atoms in total. The molecule has 1 aromatic rings. The van der Waals surface area contributed by atoms with Gasteiger partial charge in [-0.1, -0.05) is 0 Å². The number of rotatable bonds is 2. The van der Waals surface area contributed by atoms with E-state index < -0.39 is 0 Å². The molecule has 1 N–H and O–H groups in total. The third-order valence-electron chi connectivity index (χ3n) is 4.38. The van der Waals surface area contributed by atoms with Crippen molar-refractivity contribution in [1.29, 1.82) is 0 Å². The van der Waals surface area contributed by atoms with E-state index in [1.54, 1.807) is 0 Å². The fourth-order valence-corrected chi connectivity index (χ4v) is 3.06. The average molecular weight is 203 g/mol. The Kier molecular flexibility index (Phi) is 1.47. The molecule has 3 aliphatic rings. The Bertz CT molecular complexity index is 379. The summed E-state index contributed by atoms with van der Waals surface area (Å²) in [6, 6.07) is 0.743. The quantitative estimate of drug-likeness (QED) is 0.792. The van der Waals surface area contributed by atoms with E-state index in [0.717, 1.165) is 12.0 Å². The van der Waals surface area contributed by atoms with Crippen LogP contribution in [0.25, 0.3) is 0 Å². The highest BCUT2D eigenvalue weighted by atomic mass is 15.1. The van der Waals surface area contributed by atoms with E-state index in [9.17, 15) is 0 Å². The lowest BCUT2D eigenvalue weighted by atomic mass is 9.61. The first-order valence-corrected chi connectivity index (χ1v) is 6.09. The van der Waals surface area contributed by atoms with E-state index in [-0.39, 0.29) is 0 Å². The van der Waals surface area contributed by atoms with Gasteiger partial charge in [0.1, 0.15) is 0 Å². The summed E-state index contributed by atoms with van der Waals surface area (Å²) in [5.41, 5.74) is 2.01. The molecule has 0 bridgehead atoms. The van der Waals surface area contributed by atoms with Gasteiger partial charge in [0.15, 0.2) is 0 Å². The van der Waals surface area contributed by atoms with Crippen LogP contribution in [-0.4, -0.2) is 22.6 Å². The van der Waals surface area contributed by atoms with E-state index in [2.05, 4.69) is 27.4 Å². The molecule has 0 atom stereocenters. The van der Waals surface area contributed by atoms with Crippen molar-refractivity contribution in [3.8, 4) is 0 Å². The molecule has 4 rings (SSSR count). The van der Waals surface area contributed by atoms with Crippen LogP contribution in [0.15, 0.2) is 12.5 Å². The molecule has 0 aromatic carbocycles. The Balaban J connectivity index is 1.48. The second kappa shape index (κ2) is 2.64.